The van der Waals surface area contributed by atoms with Crippen LogP contribution >= 0.6 is 11.8 Å². The Morgan fingerprint density at radius 2 is 1.65 bits per heavy atom. The largest absolute Gasteiger partial charge is 0.507 e. The highest BCUT2D eigenvalue weighted by Crippen LogP contribution is 2.35. The van der Waals surface area contributed by atoms with Crippen LogP contribution < -0.4 is 9.47 Å². The normalized spacial score (nSPS) is 14.9. The molecule has 1 N–H and O–H groups in total. The summed E-state index contributed by atoms with van der Waals surface area (Å²) >= 11 is 0.808. The highest BCUT2D eigenvalue weighted by Gasteiger charge is 2.35. The molecule has 0 spiro atoms. The minimum Gasteiger partial charge on any atom is -0.507 e. The standard InChI is InChI=1S/C25H21N3O5S/c1-32-21-9-5-6-10-22(21)33-14-13-28-24(30)23(34-25(28)31)16-17-15-19(11-12-20(17)29)27-26-18-7-3-2-4-8-18/h2-12,15-16,29H,13-14H2,1H3/b23-16-,27-26?. The molecule has 9 heteroatoms. The van der Waals surface area contributed by atoms with E-state index in [-0.39, 0.29) is 23.8 Å². The summed E-state index contributed by atoms with van der Waals surface area (Å²) in [6, 6.07) is 21.0. The first kappa shape index (κ1) is 23.1. The summed E-state index contributed by atoms with van der Waals surface area (Å²) in [6.07, 6.45) is 1.48. The van der Waals surface area contributed by atoms with Crippen LogP contribution in [0.25, 0.3) is 6.08 Å². The van der Waals surface area contributed by atoms with E-state index in [0.717, 1.165) is 16.7 Å². The fourth-order valence-corrected chi connectivity index (χ4v) is 4.00. The van der Waals surface area contributed by atoms with E-state index in [1.54, 1.807) is 30.3 Å². The van der Waals surface area contributed by atoms with Gasteiger partial charge in [-0.05, 0) is 60.3 Å². The molecule has 2 amide bonds. The van der Waals surface area contributed by atoms with Gasteiger partial charge in [-0.25, -0.2) is 0 Å². The Balaban J connectivity index is 1.44. The third-order valence-electron chi connectivity index (χ3n) is 4.85. The van der Waals surface area contributed by atoms with Gasteiger partial charge in [-0.2, -0.15) is 10.2 Å². The van der Waals surface area contributed by atoms with E-state index in [9.17, 15) is 14.7 Å². The molecule has 0 radical (unpaired) electrons. The summed E-state index contributed by atoms with van der Waals surface area (Å²) in [4.78, 5) is 26.5. The van der Waals surface area contributed by atoms with Gasteiger partial charge in [0, 0.05) is 5.56 Å². The molecule has 8 nitrogen and oxygen atoms in total. The van der Waals surface area contributed by atoms with Gasteiger partial charge < -0.3 is 14.6 Å². The number of rotatable bonds is 8. The lowest BCUT2D eigenvalue weighted by Gasteiger charge is -2.14. The summed E-state index contributed by atoms with van der Waals surface area (Å²) in [5, 5.41) is 18.2. The SMILES string of the molecule is COc1ccccc1OCCN1C(=O)S/C(=C\c2cc(N=Nc3ccccc3)ccc2O)C1=O. The van der Waals surface area contributed by atoms with Gasteiger partial charge in [0.05, 0.1) is 29.9 Å². The Hall–Kier alpha value is -4.11. The highest BCUT2D eigenvalue weighted by atomic mass is 32.2. The van der Waals surface area contributed by atoms with Crippen LogP contribution in [0.3, 0.4) is 0 Å². The lowest BCUT2D eigenvalue weighted by molar-refractivity contribution is -0.123. The van der Waals surface area contributed by atoms with Crippen molar-refractivity contribution in [3.8, 4) is 17.2 Å². The first-order chi connectivity index (χ1) is 16.5. The summed E-state index contributed by atoms with van der Waals surface area (Å²) in [5.74, 6) is 0.606. The van der Waals surface area contributed by atoms with Gasteiger partial charge in [-0.15, -0.1) is 0 Å². The number of phenolic OH excluding ortho intramolecular Hbond substituents is 1. The second-order valence-corrected chi connectivity index (χ2v) is 8.10. The molecule has 0 aliphatic carbocycles. The molecule has 1 aliphatic heterocycles. The van der Waals surface area contributed by atoms with Gasteiger partial charge in [-0.3, -0.25) is 14.5 Å². The summed E-state index contributed by atoms with van der Waals surface area (Å²) in [6.45, 7) is 0.198. The van der Waals surface area contributed by atoms with Crippen LogP contribution in [0.15, 0.2) is 87.9 Å². The highest BCUT2D eigenvalue weighted by molar-refractivity contribution is 8.18. The maximum Gasteiger partial charge on any atom is 0.293 e. The smallest absolute Gasteiger partial charge is 0.293 e. The van der Waals surface area contributed by atoms with Crippen molar-refractivity contribution in [3.05, 3.63) is 83.3 Å². The fourth-order valence-electron chi connectivity index (χ4n) is 3.15. The van der Waals surface area contributed by atoms with E-state index >= 15 is 0 Å². The third-order valence-corrected chi connectivity index (χ3v) is 5.76. The van der Waals surface area contributed by atoms with E-state index in [2.05, 4.69) is 10.2 Å². The molecule has 1 fully saturated rings. The fraction of sp³-hybridized carbons (Fsp3) is 0.120. The molecule has 3 aromatic rings. The lowest BCUT2D eigenvalue weighted by atomic mass is 10.1. The minimum atomic E-state index is -0.450. The molecule has 0 aromatic heterocycles. The minimum absolute atomic E-state index is 0.0371. The van der Waals surface area contributed by atoms with Crippen LogP contribution in [0.2, 0.25) is 0 Å². The number of hydrogen-bond acceptors (Lipinski definition) is 8. The van der Waals surface area contributed by atoms with Crippen LogP contribution in [0, 0.1) is 0 Å². The Morgan fingerprint density at radius 3 is 2.41 bits per heavy atom. The number of carbonyl (C=O) groups is 2. The predicted octanol–water partition coefficient (Wildman–Crippen LogP) is 5.93. The third kappa shape index (κ3) is 5.44. The lowest BCUT2D eigenvalue weighted by Crippen LogP contribution is -2.32. The van der Waals surface area contributed by atoms with Gasteiger partial charge in [0.2, 0.25) is 0 Å². The number of amides is 2. The number of imide groups is 1. The molecule has 1 saturated heterocycles. The number of methoxy groups -OCH3 is 1. The molecule has 34 heavy (non-hydrogen) atoms. The second kappa shape index (κ2) is 10.7. The monoisotopic (exact) mass is 475 g/mol. The molecule has 0 unspecified atom stereocenters. The van der Waals surface area contributed by atoms with Crippen molar-refractivity contribution < 1.29 is 24.2 Å². The van der Waals surface area contributed by atoms with Crippen molar-refractivity contribution in [2.45, 2.75) is 0 Å². The van der Waals surface area contributed by atoms with E-state index in [1.165, 1.54) is 19.3 Å². The number of para-hydroxylation sites is 2. The quantitative estimate of drug-likeness (QED) is 0.320. The zero-order valence-electron chi connectivity index (χ0n) is 18.2. The zero-order valence-corrected chi connectivity index (χ0v) is 19.1. The number of azo groups is 1. The molecule has 1 aliphatic rings. The number of benzene rings is 3. The van der Waals surface area contributed by atoms with Crippen molar-refractivity contribution in [3.63, 3.8) is 0 Å². The van der Waals surface area contributed by atoms with Crippen molar-refractivity contribution in [2.75, 3.05) is 20.3 Å². The number of hydrogen-bond donors (Lipinski definition) is 1. The summed E-state index contributed by atoms with van der Waals surface area (Å²) in [5.41, 5.74) is 1.55. The average Bonchev–Trinajstić information content (AvgIpc) is 3.12. The molecule has 0 saturated carbocycles. The number of phenols is 1. The Kier molecular flexibility index (Phi) is 7.24. The van der Waals surface area contributed by atoms with Crippen LogP contribution in [-0.4, -0.2) is 41.4 Å². The second-order valence-electron chi connectivity index (χ2n) is 7.11. The number of carbonyl (C=O) groups excluding carboxylic acids is 2. The van der Waals surface area contributed by atoms with Gasteiger partial charge in [0.25, 0.3) is 11.1 Å². The van der Waals surface area contributed by atoms with E-state index in [1.807, 2.05) is 36.4 Å². The van der Waals surface area contributed by atoms with Crippen LogP contribution in [0.5, 0.6) is 17.2 Å². The molecular weight excluding hydrogens is 454 g/mol. The average molecular weight is 476 g/mol. The van der Waals surface area contributed by atoms with Gasteiger partial charge >= 0.3 is 0 Å². The van der Waals surface area contributed by atoms with Crippen molar-refractivity contribution in [1.82, 2.24) is 4.90 Å². The maximum absolute atomic E-state index is 12.8. The molecule has 4 rings (SSSR count). The molecule has 3 aromatic carbocycles. The zero-order chi connectivity index (χ0) is 23.9. The van der Waals surface area contributed by atoms with Crippen LogP contribution in [-0.2, 0) is 4.79 Å². The van der Waals surface area contributed by atoms with E-state index < -0.39 is 11.1 Å². The number of nitrogens with zero attached hydrogens (tertiary/aromatic N) is 3. The number of thioether (sulfide) groups is 1. The molecular formula is C25H21N3O5S. The van der Waals surface area contributed by atoms with Gasteiger partial charge in [0.15, 0.2) is 11.5 Å². The van der Waals surface area contributed by atoms with Crippen molar-refractivity contribution >= 4 is 40.4 Å². The van der Waals surface area contributed by atoms with E-state index in [4.69, 9.17) is 9.47 Å². The van der Waals surface area contributed by atoms with Gasteiger partial charge in [0.1, 0.15) is 12.4 Å². The molecule has 0 bridgehead atoms. The van der Waals surface area contributed by atoms with Crippen LogP contribution in [0.1, 0.15) is 5.56 Å². The predicted molar refractivity (Wildman–Crippen MR) is 130 cm³/mol. The topological polar surface area (TPSA) is 101 Å². The maximum atomic E-state index is 12.8. The Bertz CT molecular complexity index is 1260. The molecule has 1 heterocycles. The Morgan fingerprint density at radius 1 is 0.941 bits per heavy atom. The van der Waals surface area contributed by atoms with E-state index in [0.29, 0.717) is 28.4 Å². The Labute approximate surface area is 200 Å². The first-order valence-corrected chi connectivity index (χ1v) is 11.2. The van der Waals surface area contributed by atoms with Crippen molar-refractivity contribution in [2.24, 2.45) is 10.2 Å². The van der Waals surface area contributed by atoms with Crippen molar-refractivity contribution in [1.29, 1.82) is 0 Å². The number of aromatic hydroxyl groups is 1. The number of ether oxygens (including phenoxy) is 2. The first-order valence-electron chi connectivity index (χ1n) is 10.4. The molecule has 0 atom stereocenters. The summed E-state index contributed by atoms with van der Waals surface area (Å²) in [7, 11) is 1.54. The van der Waals surface area contributed by atoms with Crippen LogP contribution in [0.4, 0.5) is 16.2 Å². The summed E-state index contributed by atoms with van der Waals surface area (Å²) < 4.78 is 10.9. The van der Waals surface area contributed by atoms with Gasteiger partial charge in [-0.1, -0.05) is 30.3 Å². The molecule has 172 valence electrons.